The van der Waals surface area contributed by atoms with Crippen LogP contribution in [-0.4, -0.2) is 7.05 Å². The number of hydrogen-bond donors (Lipinski definition) is 1. The predicted octanol–water partition coefficient (Wildman–Crippen LogP) is 4.47. The van der Waals surface area contributed by atoms with E-state index in [1.165, 1.54) is 43.2 Å². The summed E-state index contributed by atoms with van der Waals surface area (Å²) in [5, 5.41) is 3.55. The van der Waals surface area contributed by atoms with E-state index in [1.54, 1.807) is 0 Å². The largest absolute Gasteiger partial charge is 0.313 e. The molecular formula is C17H27N. The first-order valence-corrected chi connectivity index (χ1v) is 7.48. The van der Waals surface area contributed by atoms with Gasteiger partial charge < -0.3 is 5.32 Å². The fraction of sp³-hybridized carbons (Fsp3) is 0.647. The van der Waals surface area contributed by atoms with E-state index in [4.69, 9.17) is 0 Å². The first kappa shape index (κ1) is 13.6. The molecule has 1 aromatic rings. The van der Waals surface area contributed by atoms with E-state index in [2.05, 4.69) is 50.5 Å². The standard InChI is InChI=1S/C17H27N/c1-4-14-6-5-7-16(12-14)17(18-3)15-10-8-13(2)9-11-15/h8-11,14,16-18H,4-7,12H2,1-3H3. The summed E-state index contributed by atoms with van der Waals surface area (Å²) < 4.78 is 0. The van der Waals surface area contributed by atoms with E-state index in [9.17, 15) is 0 Å². The molecule has 100 valence electrons. The summed E-state index contributed by atoms with van der Waals surface area (Å²) in [6, 6.07) is 9.61. The molecule has 0 radical (unpaired) electrons. The van der Waals surface area contributed by atoms with Crippen molar-refractivity contribution in [2.24, 2.45) is 11.8 Å². The van der Waals surface area contributed by atoms with Gasteiger partial charge in [-0.1, -0.05) is 56.0 Å². The van der Waals surface area contributed by atoms with Gasteiger partial charge in [-0.2, -0.15) is 0 Å². The van der Waals surface area contributed by atoms with Gasteiger partial charge in [-0.05, 0) is 44.2 Å². The molecule has 1 fully saturated rings. The predicted molar refractivity (Wildman–Crippen MR) is 78.7 cm³/mol. The zero-order chi connectivity index (χ0) is 13.0. The monoisotopic (exact) mass is 245 g/mol. The van der Waals surface area contributed by atoms with Crippen molar-refractivity contribution in [2.45, 2.75) is 52.0 Å². The van der Waals surface area contributed by atoms with Crippen LogP contribution in [0.2, 0.25) is 0 Å². The van der Waals surface area contributed by atoms with Crippen LogP contribution >= 0.6 is 0 Å². The minimum absolute atomic E-state index is 0.542. The van der Waals surface area contributed by atoms with Crippen LogP contribution in [0.3, 0.4) is 0 Å². The molecule has 0 bridgehead atoms. The van der Waals surface area contributed by atoms with E-state index < -0.39 is 0 Å². The Labute approximate surface area is 112 Å². The van der Waals surface area contributed by atoms with Gasteiger partial charge in [0, 0.05) is 6.04 Å². The maximum absolute atomic E-state index is 3.55. The van der Waals surface area contributed by atoms with Gasteiger partial charge in [-0.3, -0.25) is 0 Å². The average Bonchev–Trinajstić information content (AvgIpc) is 2.42. The molecule has 0 saturated heterocycles. The Bertz CT molecular complexity index is 354. The first-order chi connectivity index (χ1) is 8.74. The zero-order valence-electron chi connectivity index (χ0n) is 12.1. The third-order valence-electron chi connectivity index (χ3n) is 4.62. The molecule has 1 heteroatoms. The molecule has 0 spiro atoms. The van der Waals surface area contributed by atoms with Gasteiger partial charge in [0.05, 0.1) is 0 Å². The quantitative estimate of drug-likeness (QED) is 0.825. The Hall–Kier alpha value is -0.820. The number of benzene rings is 1. The van der Waals surface area contributed by atoms with E-state index in [0.29, 0.717) is 6.04 Å². The maximum Gasteiger partial charge on any atom is 0.0346 e. The van der Waals surface area contributed by atoms with Crippen molar-refractivity contribution < 1.29 is 0 Å². The van der Waals surface area contributed by atoms with Gasteiger partial charge >= 0.3 is 0 Å². The normalized spacial score (nSPS) is 25.9. The molecule has 1 N–H and O–H groups in total. The molecule has 2 rings (SSSR count). The fourth-order valence-electron chi connectivity index (χ4n) is 3.45. The first-order valence-electron chi connectivity index (χ1n) is 7.48. The summed E-state index contributed by atoms with van der Waals surface area (Å²) in [5.41, 5.74) is 2.81. The summed E-state index contributed by atoms with van der Waals surface area (Å²) in [4.78, 5) is 0. The van der Waals surface area contributed by atoms with E-state index in [1.807, 2.05) is 0 Å². The number of nitrogens with one attached hydrogen (secondary N) is 1. The fourth-order valence-corrected chi connectivity index (χ4v) is 3.45. The van der Waals surface area contributed by atoms with Crippen LogP contribution in [0, 0.1) is 18.8 Å². The van der Waals surface area contributed by atoms with Gasteiger partial charge in [0.15, 0.2) is 0 Å². The third-order valence-corrected chi connectivity index (χ3v) is 4.62. The number of aryl methyl sites for hydroxylation is 1. The van der Waals surface area contributed by atoms with Crippen molar-refractivity contribution in [1.29, 1.82) is 0 Å². The van der Waals surface area contributed by atoms with Crippen LogP contribution in [0.15, 0.2) is 24.3 Å². The number of hydrogen-bond acceptors (Lipinski definition) is 1. The average molecular weight is 245 g/mol. The molecule has 1 nitrogen and oxygen atoms in total. The maximum atomic E-state index is 3.55. The van der Waals surface area contributed by atoms with Crippen molar-refractivity contribution in [2.75, 3.05) is 7.05 Å². The Kier molecular flexibility index (Phi) is 4.82. The van der Waals surface area contributed by atoms with Crippen molar-refractivity contribution in [3.05, 3.63) is 35.4 Å². The summed E-state index contributed by atoms with van der Waals surface area (Å²) >= 11 is 0. The van der Waals surface area contributed by atoms with Crippen molar-refractivity contribution in [1.82, 2.24) is 5.32 Å². The van der Waals surface area contributed by atoms with Gasteiger partial charge in [-0.25, -0.2) is 0 Å². The Balaban J connectivity index is 2.10. The van der Waals surface area contributed by atoms with Crippen molar-refractivity contribution in [3.63, 3.8) is 0 Å². The minimum atomic E-state index is 0.542. The van der Waals surface area contributed by atoms with Gasteiger partial charge in [0.2, 0.25) is 0 Å². The highest BCUT2D eigenvalue weighted by Crippen LogP contribution is 2.38. The molecule has 1 aliphatic rings. The van der Waals surface area contributed by atoms with Crippen LogP contribution in [0.4, 0.5) is 0 Å². The molecule has 0 aromatic heterocycles. The highest BCUT2D eigenvalue weighted by molar-refractivity contribution is 5.24. The second-order valence-electron chi connectivity index (χ2n) is 5.88. The molecule has 0 amide bonds. The lowest BCUT2D eigenvalue weighted by Crippen LogP contribution is -2.29. The second kappa shape index (κ2) is 6.38. The van der Waals surface area contributed by atoms with Crippen molar-refractivity contribution >= 4 is 0 Å². The summed E-state index contributed by atoms with van der Waals surface area (Å²) in [7, 11) is 2.11. The van der Waals surface area contributed by atoms with Crippen LogP contribution in [0.5, 0.6) is 0 Å². The summed E-state index contributed by atoms with van der Waals surface area (Å²) in [5.74, 6) is 1.77. The van der Waals surface area contributed by atoms with E-state index in [-0.39, 0.29) is 0 Å². The van der Waals surface area contributed by atoms with Crippen LogP contribution in [0.25, 0.3) is 0 Å². The smallest absolute Gasteiger partial charge is 0.0346 e. The van der Waals surface area contributed by atoms with Gasteiger partial charge in [0.1, 0.15) is 0 Å². The van der Waals surface area contributed by atoms with Gasteiger partial charge in [-0.15, -0.1) is 0 Å². The summed E-state index contributed by atoms with van der Waals surface area (Å²) in [6.45, 7) is 4.50. The minimum Gasteiger partial charge on any atom is -0.313 e. The molecule has 0 heterocycles. The Morgan fingerprint density at radius 2 is 1.94 bits per heavy atom. The summed E-state index contributed by atoms with van der Waals surface area (Å²) in [6.07, 6.45) is 6.98. The molecule has 1 aromatic carbocycles. The molecule has 1 aliphatic carbocycles. The van der Waals surface area contributed by atoms with Crippen LogP contribution in [0.1, 0.15) is 56.2 Å². The lowest BCUT2D eigenvalue weighted by atomic mass is 9.75. The van der Waals surface area contributed by atoms with Crippen molar-refractivity contribution in [3.8, 4) is 0 Å². The Morgan fingerprint density at radius 1 is 1.22 bits per heavy atom. The molecule has 3 unspecified atom stereocenters. The Morgan fingerprint density at radius 3 is 2.56 bits per heavy atom. The molecule has 3 atom stereocenters. The molecule has 1 saturated carbocycles. The topological polar surface area (TPSA) is 12.0 Å². The van der Waals surface area contributed by atoms with Gasteiger partial charge in [0.25, 0.3) is 0 Å². The number of rotatable bonds is 4. The lowest BCUT2D eigenvalue weighted by Gasteiger charge is -2.34. The van der Waals surface area contributed by atoms with E-state index >= 15 is 0 Å². The second-order valence-corrected chi connectivity index (χ2v) is 5.88. The lowest BCUT2D eigenvalue weighted by molar-refractivity contribution is 0.214. The SMILES string of the molecule is CCC1CCCC(C(NC)c2ccc(C)cc2)C1. The molecular weight excluding hydrogens is 218 g/mol. The molecule has 0 aliphatic heterocycles. The van der Waals surface area contributed by atoms with E-state index in [0.717, 1.165) is 11.8 Å². The highest BCUT2D eigenvalue weighted by Gasteiger charge is 2.27. The highest BCUT2D eigenvalue weighted by atomic mass is 14.9. The third kappa shape index (κ3) is 3.14. The zero-order valence-corrected chi connectivity index (χ0v) is 12.1. The van der Waals surface area contributed by atoms with Crippen LogP contribution < -0.4 is 5.32 Å². The van der Waals surface area contributed by atoms with Crippen LogP contribution in [-0.2, 0) is 0 Å². The molecule has 18 heavy (non-hydrogen) atoms.